The molecule has 7 heteroatoms. The summed E-state index contributed by atoms with van der Waals surface area (Å²) in [5, 5.41) is 2.47. The third-order valence-electron chi connectivity index (χ3n) is 3.51. The summed E-state index contributed by atoms with van der Waals surface area (Å²) in [7, 11) is 4.52. The number of carbonyl (C=O) groups excluding carboxylic acids is 1. The zero-order chi connectivity index (χ0) is 18.4. The fourth-order valence-corrected chi connectivity index (χ4v) is 2.39. The molecule has 0 aromatic heterocycles. The minimum absolute atomic E-state index is 0.0763. The Morgan fingerprint density at radius 2 is 1.48 bits per heavy atom. The molecular weight excluding hydrogens is 332 g/mol. The van der Waals surface area contributed by atoms with Gasteiger partial charge < -0.3 is 19.5 Å². The van der Waals surface area contributed by atoms with Crippen LogP contribution in [0.2, 0.25) is 0 Å². The van der Waals surface area contributed by atoms with Gasteiger partial charge in [-0.3, -0.25) is 4.79 Å². The molecule has 0 aliphatic carbocycles. The molecule has 1 N–H and O–H groups in total. The van der Waals surface area contributed by atoms with Crippen LogP contribution in [-0.2, 0) is 11.2 Å². The number of nitrogens with one attached hydrogen (secondary N) is 1. The number of methoxy groups -OCH3 is 3. The van der Waals surface area contributed by atoms with Crippen molar-refractivity contribution in [3.05, 3.63) is 47.5 Å². The molecule has 0 spiro atoms. The highest BCUT2D eigenvalue weighted by molar-refractivity contribution is 5.90. The molecule has 1 amide bonds. The molecule has 0 unspecified atom stereocenters. The number of amides is 1. The monoisotopic (exact) mass is 351 g/mol. The molecule has 0 bridgehead atoms. The summed E-state index contributed by atoms with van der Waals surface area (Å²) in [6, 6.07) is 6.35. The molecule has 0 saturated carbocycles. The Labute approximate surface area is 144 Å². The number of aryl methyl sites for hydroxylation is 1. The number of halogens is 2. The summed E-state index contributed by atoms with van der Waals surface area (Å²) in [5.41, 5.74) is 0.877. The van der Waals surface area contributed by atoms with Gasteiger partial charge in [-0.25, -0.2) is 8.78 Å². The van der Waals surface area contributed by atoms with Gasteiger partial charge in [-0.2, -0.15) is 0 Å². The molecule has 0 aliphatic rings. The predicted molar refractivity (Wildman–Crippen MR) is 89.4 cm³/mol. The van der Waals surface area contributed by atoms with E-state index < -0.39 is 11.6 Å². The zero-order valence-electron chi connectivity index (χ0n) is 14.2. The van der Waals surface area contributed by atoms with Crippen LogP contribution in [0.4, 0.5) is 14.5 Å². The minimum atomic E-state index is -0.750. The van der Waals surface area contributed by atoms with Crippen LogP contribution in [0.5, 0.6) is 17.2 Å². The fraction of sp³-hybridized carbons (Fsp3) is 0.278. The summed E-state index contributed by atoms with van der Waals surface area (Å²) >= 11 is 0. The van der Waals surface area contributed by atoms with Crippen molar-refractivity contribution in [2.45, 2.75) is 12.8 Å². The molecule has 0 aliphatic heterocycles. The van der Waals surface area contributed by atoms with Crippen molar-refractivity contribution in [3.63, 3.8) is 0 Å². The molecule has 0 fully saturated rings. The lowest BCUT2D eigenvalue weighted by atomic mass is 10.1. The standard InChI is InChI=1S/C18H19F2NO4/c1-23-15-6-11(7-16(24-2)18(15)25-3)4-5-17(22)21-14-9-12(19)8-13(20)10-14/h6-10H,4-5H2,1-3H3,(H,21,22). The van der Waals surface area contributed by atoms with Crippen molar-refractivity contribution >= 4 is 11.6 Å². The number of carbonyl (C=O) groups is 1. The van der Waals surface area contributed by atoms with Gasteiger partial charge in [0.1, 0.15) is 11.6 Å². The molecule has 0 atom stereocenters. The van der Waals surface area contributed by atoms with Gasteiger partial charge in [0, 0.05) is 18.2 Å². The molecule has 2 rings (SSSR count). The molecule has 2 aromatic rings. The van der Waals surface area contributed by atoms with Crippen molar-refractivity contribution in [1.82, 2.24) is 0 Å². The fourth-order valence-electron chi connectivity index (χ4n) is 2.39. The van der Waals surface area contributed by atoms with E-state index in [4.69, 9.17) is 14.2 Å². The van der Waals surface area contributed by atoms with Crippen LogP contribution < -0.4 is 19.5 Å². The van der Waals surface area contributed by atoms with E-state index in [0.717, 1.165) is 23.8 Å². The topological polar surface area (TPSA) is 56.8 Å². The van der Waals surface area contributed by atoms with E-state index in [-0.39, 0.29) is 18.0 Å². The van der Waals surface area contributed by atoms with E-state index in [1.54, 1.807) is 12.1 Å². The SMILES string of the molecule is COc1cc(CCC(=O)Nc2cc(F)cc(F)c2)cc(OC)c1OC. The number of anilines is 1. The quantitative estimate of drug-likeness (QED) is 0.829. The van der Waals surface area contributed by atoms with Crippen molar-refractivity contribution in [2.75, 3.05) is 26.6 Å². The molecule has 0 radical (unpaired) electrons. The Bertz CT molecular complexity index is 719. The van der Waals surface area contributed by atoms with Gasteiger partial charge in [-0.15, -0.1) is 0 Å². The Hall–Kier alpha value is -2.83. The summed E-state index contributed by atoms with van der Waals surface area (Å²) in [4.78, 5) is 12.0. The van der Waals surface area contributed by atoms with Crippen molar-refractivity contribution in [1.29, 1.82) is 0 Å². The maximum Gasteiger partial charge on any atom is 0.224 e. The van der Waals surface area contributed by atoms with Crippen LogP contribution in [0.15, 0.2) is 30.3 Å². The lowest BCUT2D eigenvalue weighted by Crippen LogP contribution is -2.12. The molecule has 0 saturated heterocycles. The lowest BCUT2D eigenvalue weighted by Gasteiger charge is -2.14. The van der Waals surface area contributed by atoms with Gasteiger partial charge in [-0.1, -0.05) is 0 Å². The molecular formula is C18H19F2NO4. The maximum atomic E-state index is 13.1. The highest BCUT2D eigenvalue weighted by Gasteiger charge is 2.14. The first kappa shape index (κ1) is 18.5. The van der Waals surface area contributed by atoms with E-state index in [1.165, 1.54) is 21.3 Å². The van der Waals surface area contributed by atoms with Gasteiger partial charge in [-0.05, 0) is 36.2 Å². The van der Waals surface area contributed by atoms with E-state index in [0.29, 0.717) is 23.7 Å². The number of rotatable bonds is 7. The van der Waals surface area contributed by atoms with Gasteiger partial charge in [0.15, 0.2) is 11.5 Å². The maximum absolute atomic E-state index is 13.1. The van der Waals surface area contributed by atoms with Crippen LogP contribution in [0, 0.1) is 11.6 Å². The molecule has 25 heavy (non-hydrogen) atoms. The molecule has 2 aromatic carbocycles. The summed E-state index contributed by atoms with van der Waals surface area (Å²) in [6.07, 6.45) is 0.511. The van der Waals surface area contributed by atoms with Gasteiger partial charge >= 0.3 is 0 Å². The average Bonchev–Trinajstić information content (AvgIpc) is 2.57. The van der Waals surface area contributed by atoms with Gasteiger partial charge in [0.2, 0.25) is 11.7 Å². The van der Waals surface area contributed by atoms with Crippen LogP contribution in [-0.4, -0.2) is 27.2 Å². The lowest BCUT2D eigenvalue weighted by molar-refractivity contribution is -0.116. The number of hydrogen-bond acceptors (Lipinski definition) is 4. The highest BCUT2D eigenvalue weighted by Crippen LogP contribution is 2.38. The van der Waals surface area contributed by atoms with Crippen LogP contribution >= 0.6 is 0 Å². The van der Waals surface area contributed by atoms with Crippen LogP contribution in [0.25, 0.3) is 0 Å². The smallest absolute Gasteiger partial charge is 0.224 e. The van der Waals surface area contributed by atoms with E-state index >= 15 is 0 Å². The minimum Gasteiger partial charge on any atom is -0.493 e. The second-order valence-electron chi connectivity index (χ2n) is 5.24. The number of hydrogen-bond donors (Lipinski definition) is 1. The summed E-state index contributed by atoms with van der Waals surface area (Å²) in [6.45, 7) is 0. The van der Waals surface area contributed by atoms with Crippen molar-refractivity contribution in [3.8, 4) is 17.2 Å². The third kappa shape index (κ3) is 4.82. The van der Waals surface area contributed by atoms with E-state index in [9.17, 15) is 13.6 Å². The summed E-state index contributed by atoms with van der Waals surface area (Å²) in [5.74, 6) is -0.416. The Morgan fingerprint density at radius 3 is 1.96 bits per heavy atom. The second kappa shape index (κ2) is 8.32. The van der Waals surface area contributed by atoms with Crippen molar-refractivity contribution < 1.29 is 27.8 Å². The van der Waals surface area contributed by atoms with Crippen LogP contribution in [0.3, 0.4) is 0 Å². The largest absolute Gasteiger partial charge is 0.493 e. The zero-order valence-corrected chi connectivity index (χ0v) is 14.2. The van der Waals surface area contributed by atoms with Gasteiger partial charge in [0.05, 0.1) is 21.3 Å². The Balaban J connectivity index is 2.06. The highest BCUT2D eigenvalue weighted by atomic mass is 19.1. The number of benzene rings is 2. The molecule has 0 heterocycles. The van der Waals surface area contributed by atoms with Crippen molar-refractivity contribution in [2.24, 2.45) is 0 Å². The normalized spacial score (nSPS) is 10.3. The second-order valence-corrected chi connectivity index (χ2v) is 5.24. The first-order valence-corrected chi connectivity index (χ1v) is 7.51. The molecule has 5 nitrogen and oxygen atoms in total. The van der Waals surface area contributed by atoms with E-state index in [1.807, 2.05) is 0 Å². The average molecular weight is 351 g/mol. The third-order valence-corrected chi connectivity index (χ3v) is 3.51. The first-order chi connectivity index (χ1) is 12.0. The predicted octanol–water partition coefficient (Wildman–Crippen LogP) is 3.56. The van der Waals surface area contributed by atoms with Gasteiger partial charge in [0.25, 0.3) is 0 Å². The van der Waals surface area contributed by atoms with E-state index in [2.05, 4.69) is 5.32 Å². The Morgan fingerprint density at radius 1 is 0.920 bits per heavy atom. The number of ether oxygens (including phenoxy) is 3. The first-order valence-electron chi connectivity index (χ1n) is 7.51. The Kier molecular flexibility index (Phi) is 6.16. The van der Waals surface area contributed by atoms with Crippen LogP contribution in [0.1, 0.15) is 12.0 Å². The summed E-state index contributed by atoms with van der Waals surface area (Å²) < 4.78 is 42.0. The molecule has 134 valence electrons.